The Morgan fingerprint density at radius 3 is 2.59 bits per heavy atom. The van der Waals surface area contributed by atoms with E-state index in [1.165, 1.54) is 60.6 Å². The average Bonchev–Trinajstić information content (AvgIpc) is 3.22. The summed E-state index contributed by atoms with van der Waals surface area (Å²) in [6.45, 7) is 0. The van der Waals surface area contributed by atoms with E-state index < -0.39 is 17.5 Å². The minimum absolute atomic E-state index is 0.0251. The molecule has 0 saturated carbocycles. The normalized spacial score (nSPS) is 10.6. The number of aromatic amines is 1. The van der Waals surface area contributed by atoms with E-state index in [1.54, 1.807) is 12.1 Å². The topological polar surface area (TPSA) is 85.7 Å². The fourth-order valence-electron chi connectivity index (χ4n) is 3.15. The standard InChI is InChI=1S/C23H14ClF2N5O/c1-31(15-5-2-4-14(25)10-15)23(32)18-9-8-13(12-28-18)21-19(11-27)29-22(30-21)20-16(24)6-3-7-17(20)26/h2-10,12H,1H3,(H,29,30). The molecule has 1 N–H and O–H groups in total. The monoisotopic (exact) mass is 449 g/mol. The number of rotatable bonds is 4. The van der Waals surface area contributed by atoms with Gasteiger partial charge >= 0.3 is 0 Å². The second-order valence-corrected chi connectivity index (χ2v) is 7.20. The van der Waals surface area contributed by atoms with Crippen molar-refractivity contribution in [2.24, 2.45) is 0 Å². The number of hydrogen-bond acceptors (Lipinski definition) is 4. The first-order chi connectivity index (χ1) is 15.4. The second-order valence-electron chi connectivity index (χ2n) is 6.79. The fraction of sp³-hybridized carbons (Fsp3) is 0.0435. The van der Waals surface area contributed by atoms with Gasteiger partial charge in [-0.2, -0.15) is 5.26 Å². The maximum absolute atomic E-state index is 14.3. The maximum Gasteiger partial charge on any atom is 0.276 e. The van der Waals surface area contributed by atoms with Gasteiger partial charge in [-0.1, -0.05) is 23.7 Å². The second kappa shape index (κ2) is 8.57. The van der Waals surface area contributed by atoms with Crippen LogP contribution in [0.2, 0.25) is 5.02 Å². The van der Waals surface area contributed by atoms with Gasteiger partial charge in [0.1, 0.15) is 29.2 Å². The minimum atomic E-state index is -0.582. The van der Waals surface area contributed by atoms with Gasteiger partial charge in [0.15, 0.2) is 5.69 Å². The number of imidazole rings is 1. The molecule has 0 unspecified atom stereocenters. The molecule has 1 amide bonds. The number of nitrogens with one attached hydrogen (secondary N) is 1. The highest BCUT2D eigenvalue weighted by Gasteiger charge is 2.20. The Morgan fingerprint density at radius 1 is 1.16 bits per heavy atom. The van der Waals surface area contributed by atoms with E-state index in [2.05, 4.69) is 15.0 Å². The molecule has 0 aliphatic heterocycles. The molecule has 4 rings (SSSR count). The predicted octanol–water partition coefficient (Wildman–Crippen LogP) is 5.22. The van der Waals surface area contributed by atoms with Gasteiger partial charge in [0.25, 0.3) is 5.91 Å². The van der Waals surface area contributed by atoms with Gasteiger partial charge in [-0.25, -0.2) is 13.8 Å². The highest BCUT2D eigenvalue weighted by molar-refractivity contribution is 6.33. The molecule has 0 saturated heterocycles. The van der Waals surface area contributed by atoms with E-state index in [9.17, 15) is 18.8 Å². The Labute approximate surface area is 186 Å². The molecule has 0 aliphatic carbocycles. The third-order valence-corrected chi connectivity index (χ3v) is 5.10. The van der Waals surface area contributed by atoms with Gasteiger partial charge < -0.3 is 9.88 Å². The predicted molar refractivity (Wildman–Crippen MR) is 116 cm³/mol. The largest absolute Gasteiger partial charge is 0.337 e. The smallest absolute Gasteiger partial charge is 0.276 e. The Morgan fingerprint density at radius 2 is 1.94 bits per heavy atom. The number of H-pyrrole nitrogens is 1. The summed E-state index contributed by atoms with van der Waals surface area (Å²) in [5, 5.41) is 9.62. The van der Waals surface area contributed by atoms with E-state index in [-0.39, 0.29) is 27.8 Å². The summed E-state index contributed by atoms with van der Waals surface area (Å²) < 4.78 is 27.7. The van der Waals surface area contributed by atoms with Crippen molar-refractivity contribution in [2.45, 2.75) is 0 Å². The van der Waals surface area contributed by atoms with Gasteiger partial charge in [-0.3, -0.25) is 9.78 Å². The molecule has 4 aromatic rings. The first-order valence-corrected chi connectivity index (χ1v) is 9.71. The van der Waals surface area contributed by atoms with Crippen LogP contribution in [0.15, 0.2) is 60.8 Å². The van der Waals surface area contributed by atoms with E-state index in [0.717, 1.165) is 0 Å². The number of carbonyl (C=O) groups is 1. The van der Waals surface area contributed by atoms with Crippen molar-refractivity contribution in [2.75, 3.05) is 11.9 Å². The number of anilines is 1. The maximum atomic E-state index is 14.3. The molecule has 2 aromatic heterocycles. The molecule has 9 heteroatoms. The zero-order valence-electron chi connectivity index (χ0n) is 16.6. The molecule has 0 fully saturated rings. The van der Waals surface area contributed by atoms with Gasteiger partial charge in [0.2, 0.25) is 0 Å². The van der Waals surface area contributed by atoms with Crippen LogP contribution < -0.4 is 4.90 Å². The molecule has 0 atom stereocenters. The minimum Gasteiger partial charge on any atom is -0.337 e. The number of nitriles is 1. The number of nitrogens with zero attached hydrogens (tertiary/aromatic N) is 4. The van der Waals surface area contributed by atoms with Crippen LogP contribution in [0.3, 0.4) is 0 Å². The highest BCUT2D eigenvalue weighted by atomic mass is 35.5. The SMILES string of the molecule is CN(C(=O)c1ccc(-c2[nH]c(-c3c(F)cccc3Cl)nc2C#N)cn1)c1cccc(F)c1. The molecule has 0 radical (unpaired) electrons. The van der Waals surface area contributed by atoms with Crippen LogP contribution in [-0.4, -0.2) is 27.9 Å². The van der Waals surface area contributed by atoms with E-state index >= 15 is 0 Å². The van der Waals surface area contributed by atoms with Crippen LogP contribution in [0.5, 0.6) is 0 Å². The van der Waals surface area contributed by atoms with Crippen LogP contribution in [0, 0.1) is 23.0 Å². The molecule has 0 aliphatic rings. The van der Waals surface area contributed by atoms with Gasteiger partial charge in [-0.15, -0.1) is 0 Å². The summed E-state index contributed by atoms with van der Waals surface area (Å²) in [6, 6.07) is 14.9. The molecule has 0 bridgehead atoms. The van der Waals surface area contributed by atoms with Crippen LogP contribution in [0.1, 0.15) is 16.2 Å². The Balaban J connectivity index is 1.65. The molecule has 2 heterocycles. The molecular weight excluding hydrogens is 436 g/mol. The van der Waals surface area contributed by atoms with Crippen molar-refractivity contribution < 1.29 is 13.6 Å². The van der Waals surface area contributed by atoms with Crippen LogP contribution in [0.25, 0.3) is 22.6 Å². The summed E-state index contributed by atoms with van der Waals surface area (Å²) in [6.07, 6.45) is 1.40. The molecule has 6 nitrogen and oxygen atoms in total. The van der Waals surface area contributed by atoms with E-state index in [4.69, 9.17) is 11.6 Å². The van der Waals surface area contributed by atoms with Crippen molar-refractivity contribution in [3.05, 3.63) is 88.8 Å². The Hall–Kier alpha value is -4.09. The van der Waals surface area contributed by atoms with Crippen LogP contribution in [-0.2, 0) is 0 Å². The summed E-state index contributed by atoms with van der Waals surface area (Å²) in [7, 11) is 1.51. The zero-order valence-corrected chi connectivity index (χ0v) is 17.4. The number of benzene rings is 2. The third-order valence-electron chi connectivity index (χ3n) is 4.78. The summed E-state index contributed by atoms with van der Waals surface area (Å²) in [5.74, 6) is -1.38. The van der Waals surface area contributed by atoms with Crippen molar-refractivity contribution in [1.29, 1.82) is 5.26 Å². The van der Waals surface area contributed by atoms with Crippen molar-refractivity contribution in [3.8, 4) is 28.7 Å². The zero-order chi connectivity index (χ0) is 22.8. The number of halogens is 3. The first kappa shape index (κ1) is 21.2. The molecule has 0 spiro atoms. The third kappa shape index (κ3) is 3.94. The highest BCUT2D eigenvalue weighted by Crippen LogP contribution is 2.31. The Bertz CT molecular complexity index is 1340. The lowest BCUT2D eigenvalue weighted by Crippen LogP contribution is -2.27. The number of aromatic nitrogens is 3. The molecule has 158 valence electrons. The molecular formula is C23H14ClF2N5O. The quantitative estimate of drug-likeness (QED) is 0.463. The van der Waals surface area contributed by atoms with Crippen molar-refractivity contribution in [1.82, 2.24) is 15.0 Å². The first-order valence-electron chi connectivity index (χ1n) is 9.33. The van der Waals surface area contributed by atoms with Crippen LogP contribution >= 0.6 is 11.6 Å². The van der Waals surface area contributed by atoms with Gasteiger partial charge in [0, 0.05) is 24.5 Å². The number of pyridine rings is 1. The molecule has 32 heavy (non-hydrogen) atoms. The van der Waals surface area contributed by atoms with Crippen molar-refractivity contribution >= 4 is 23.2 Å². The average molecular weight is 450 g/mol. The lowest BCUT2D eigenvalue weighted by atomic mass is 10.1. The summed E-state index contributed by atoms with van der Waals surface area (Å²) in [4.78, 5) is 25.2. The van der Waals surface area contributed by atoms with E-state index in [0.29, 0.717) is 16.9 Å². The van der Waals surface area contributed by atoms with Gasteiger partial charge in [-0.05, 0) is 42.5 Å². The fourth-order valence-corrected chi connectivity index (χ4v) is 3.40. The van der Waals surface area contributed by atoms with E-state index in [1.807, 2.05) is 6.07 Å². The molecule has 2 aromatic carbocycles. The Kier molecular flexibility index (Phi) is 5.67. The summed E-state index contributed by atoms with van der Waals surface area (Å²) >= 11 is 6.10. The number of hydrogen-bond donors (Lipinski definition) is 1. The lowest BCUT2D eigenvalue weighted by Gasteiger charge is -2.17. The van der Waals surface area contributed by atoms with Gasteiger partial charge in [0.05, 0.1) is 16.3 Å². The number of amides is 1. The van der Waals surface area contributed by atoms with Crippen LogP contribution in [0.4, 0.5) is 14.5 Å². The van der Waals surface area contributed by atoms with Crippen molar-refractivity contribution in [3.63, 3.8) is 0 Å². The number of carbonyl (C=O) groups excluding carboxylic acids is 1. The lowest BCUT2D eigenvalue weighted by molar-refractivity contribution is 0.0988. The summed E-state index contributed by atoms with van der Waals surface area (Å²) in [5.41, 5.74) is 1.36.